The molecule has 1 aromatic heterocycles. The van der Waals surface area contributed by atoms with Crippen molar-refractivity contribution in [2.24, 2.45) is 11.7 Å². The van der Waals surface area contributed by atoms with Gasteiger partial charge in [-0.2, -0.15) is 0 Å². The molecule has 6 nitrogen and oxygen atoms in total. The van der Waals surface area contributed by atoms with Crippen molar-refractivity contribution in [2.45, 2.75) is 26.4 Å². The number of amides is 2. The van der Waals surface area contributed by atoms with Gasteiger partial charge in [0.2, 0.25) is 11.8 Å². The summed E-state index contributed by atoms with van der Waals surface area (Å²) < 4.78 is 5.77. The fourth-order valence-corrected chi connectivity index (χ4v) is 3.62. The fraction of sp³-hybridized carbons (Fsp3) is 0.350. The second-order valence-corrected chi connectivity index (χ2v) is 7.64. The van der Waals surface area contributed by atoms with Crippen molar-refractivity contribution >= 4 is 29.2 Å². The maximum atomic E-state index is 12.4. The van der Waals surface area contributed by atoms with Crippen LogP contribution in [0, 0.1) is 12.8 Å². The van der Waals surface area contributed by atoms with Crippen LogP contribution in [0.15, 0.2) is 35.7 Å². The Morgan fingerprint density at radius 2 is 2.30 bits per heavy atom. The minimum absolute atomic E-state index is 0.106. The smallest absolute Gasteiger partial charge is 0.246 e. The molecule has 2 heterocycles. The van der Waals surface area contributed by atoms with Gasteiger partial charge in [-0.1, -0.05) is 12.1 Å². The lowest BCUT2D eigenvalue weighted by Gasteiger charge is -2.30. The molecule has 1 saturated heterocycles. The number of nitrogens with zero attached hydrogens (tertiary/aromatic N) is 2. The topological polar surface area (TPSA) is 85.5 Å². The number of ether oxygens (including phenoxy) is 1. The number of piperidine rings is 1. The monoisotopic (exact) mass is 385 g/mol. The summed E-state index contributed by atoms with van der Waals surface area (Å²) in [6, 6.07) is 7.55. The molecule has 0 aliphatic carbocycles. The lowest BCUT2D eigenvalue weighted by Crippen LogP contribution is -2.43. The highest BCUT2D eigenvalue weighted by molar-refractivity contribution is 7.09. The first-order valence-corrected chi connectivity index (χ1v) is 9.79. The number of carbonyl (C=O) groups is 2. The van der Waals surface area contributed by atoms with Crippen molar-refractivity contribution in [1.82, 2.24) is 9.88 Å². The van der Waals surface area contributed by atoms with E-state index in [1.807, 2.05) is 36.6 Å². The maximum Gasteiger partial charge on any atom is 0.246 e. The quantitative estimate of drug-likeness (QED) is 0.775. The third-order valence-electron chi connectivity index (χ3n) is 4.47. The average Bonchev–Trinajstić information content (AvgIpc) is 3.10. The Morgan fingerprint density at radius 3 is 3.04 bits per heavy atom. The van der Waals surface area contributed by atoms with Gasteiger partial charge in [-0.3, -0.25) is 9.59 Å². The number of rotatable bonds is 6. The van der Waals surface area contributed by atoms with E-state index in [1.54, 1.807) is 22.3 Å². The summed E-state index contributed by atoms with van der Waals surface area (Å²) in [5.74, 6) is 0.0334. The molecule has 27 heavy (non-hydrogen) atoms. The van der Waals surface area contributed by atoms with Crippen molar-refractivity contribution < 1.29 is 14.3 Å². The molecule has 1 aromatic carbocycles. The van der Waals surface area contributed by atoms with E-state index in [0.29, 0.717) is 19.7 Å². The summed E-state index contributed by atoms with van der Waals surface area (Å²) in [6.45, 7) is 3.43. The Kier molecular flexibility index (Phi) is 6.24. The van der Waals surface area contributed by atoms with E-state index in [-0.39, 0.29) is 17.7 Å². The summed E-state index contributed by atoms with van der Waals surface area (Å²) in [5, 5.41) is 3.00. The molecule has 142 valence electrons. The van der Waals surface area contributed by atoms with Gasteiger partial charge in [-0.15, -0.1) is 11.3 Å². The van der Waals surface area contributed by atoms with Gasteiger partial charge < -0.3 is 15.4 Å². The maximum absolute atomic E-state index is 12.4. The first-order chi connectivity index (χ1) is 13.0. The third kappa shape index (κ3) is 5.40. The highest BCUT2D eigenvalue weighted by Gasteiger charge is 2.25. The minimum atomic E-state index is -0.336. The molecule has 7 heteroatoms. The van der Waals surface area contributed by atoms with Gasteiger partial charge >= 0.3 is 0 Å². The van der Waals surface area contributed by atoms with E-state index < -0.39 is 0 Å². The van der Waals surface area contributed by atoms with Crippen molar-refractivity contribution in [3.8, 4) is 5.75 Å². The molecule has 2 amide bonds. The molecule has 1 fully saturated rings. The van der Waals surface area contributed by atoms with E-state index in [9.17, 15) is 9.59 Å². The van der Waals surface area contributed by atoms with Crippen LogP contribution in [0.2, 0.25) is 0 Å². The van der Waals surface area contributed by atoms with Crippen LogP contribution >= 0.6 is 11.3 Å². The lowest BCUT2D eigenvalue weighted by atomic mass is 9.97. The Morgan fingerprint density at radius 1 is 1.44 bits per heavy atom. The predicted octanol–water partition coefficient (Wildman–Crippen LogP) is 2.77. The summed E-state index contributed by atoms with van der Waals surface area (Å²) in [5.41, 5.74) is 7.15. The highest BCUT2D eigenvalue weighted by atomic mass is 32.1. The summed E-state index contributed by atoms with van der Waals surface area (Å²) in [4.78, 5) is 29.8. The van der Waals surface area contributed by atoms with Crippen LogP contribution < -0.4 is 10.5 Å². The molecule has 0 radical (unpaired) electrons. The van der Waals surface area contributed by atoms with Crippen LogP contribution in [0.3, 0.4) is 0 Å². The van der Waals surface area contributed by atoms with Crippen LogP contribution in [0.25, 0.3) is 6.08 Å². The van der Waals surface area contributed by atoms with E-state index in [2.05, 4.69) is 4.98 Å². The number of hydrogen-bond acceptors (Lipinski definition) is 5. The Labute approximate surface area is 162 Å². The predicted molar refractivity (Wildman–Crippen MR) is 105 cm³/mol. The van der Waals surface area contributed by atoms with Gasteiger partial charge in [0.05, 0.1) is 16.6 Å². The number of hydrogen-bond donors (Lipinski definition) is 1. The molecule has 1 aliphatic heterocycles. The second kappa shape index (κ2) is 8.81. The number of aromatic nitrogens is 1. The van der Waals surface area contributed by atoms with Crippen LogP contribution in [0.5, 0.6) is 5.75 Å². The van der Waals surface area contributed by atoms with E-state index in [0.717, 1.165) is 34.9 Å². The zero-order valence-electron chi connectivity index (χ0n) is 15.3. The second-order valence-electron chi connectivity index (χ2n) is 6.58. The molecular formula is C20H23N3O3S. The first kappa shape index (κ1) is 19.1. The molecule has 0 saturated carbocycles. The Bertz CT molecular complexity index is 847. The van der Waals surface area contributed by atoms with Gasteiger partial charge in [-0.05, 0) is 43.5 Å². The average molecular weight is 385 g/mol. The largest absolute Gasteiger partial charge is 0.487 e. The molecule has 1 atom stereocenters. The standard InChI is InChI=1S/C20H23N3O3S/c1-14-22-17(13-27-14)12-26-18-6-2-4-15(10-18)7-8-19(24)23-9-3-5-16(11-23)20(21)25/h2,4,6-8,10,13,16H,3,5,9,11-12H2,1H3,(H2,21,25)/b8-7+. The third-order valence-corrected chi connectivity index (χ3v) is 5.29. The molecule has 0 spiro atoms. The van der Waals surface area contributed by atoms with Crippen molar-refractivity contribution in [2.75, 3.05) is 13.1 Å². The van der Waals surface area contributed by atoms with Gasteiger partial charge in [0.15, 0.2) is 0 Å². The number of thiazole rings is 1. The Hall–Kier alpha value is -2.67. The molecule has 0 bridgehead atoms. The zero-order valence-corrected chi connectivity index (χ0v) is 16.1. The molecule has 3 rings (SSSR count). The van der Waals surface area contributed by atoms with Crippen molar-refractivity contribution in [3.63, 3.8) is 0 Å². The zero-order chi connectivity index (χ0) is 19.2. The lowest BCUT2D eigenvalue weighted by molar-refractivity contribution is -0.130. The minimum Gasteiger partial charge on any atom is -0.487 e. The van der Waals surface area contributed by atoms with Gasteiger partial charge in [0.1, 0.15) is 12.4 Å². The van der Waals surface area contributed by atoms with Crippen LogP contribution in [-0.4, -0.2) is 34.8 Å². The number of aryl methyl sites for hydroxylation is 1. The van der Waals surface area contributed by atoms with Crippen LogP contribution in [0.4, 0.5) is 0 Å². The van der Waals surface area contributed by atoms with Gasteiger partial charge in [-0.25, -0.2) is 4.98 Å². The molecule has 1 unspecified atom stereocenters. The summed E-state index contributed by atoms with van der Waals surface area (Å²) in [7, 11) is 0. The molecule has 2 N–H and O–H groups in total. The SMILES string of the molecule is Cc1nc(COc2cccc(/C=C/C(=O)N3CCCC(C(N)=O)C3)c2)cs1. The number of primary amides is 1. The van der Waals surface area contributed by atoms with Crippen molar-refractivity contribution in [1.29, 1.82) is 0 Å². The van der Waals surface area contributed by atoms with Crippen LogP contribution in [-0.2, 0) is 16.2 Å². The summed E-state index contributed by atoms with van der Waals surface area (Å²) >= 11 is 1.60. The first-order valence-electron chi connectivity index (χ1n) is 8.91. The number of nitrogens with two attached hydrogens (primary N) is 1. The number of likely N-dealkylation sites (tertiary alicyclic amines) is 1. The number of carbonyl (C=O) groups excluding carboxylic acids is 2. The Balaban J connectivity index is 1.58. The van der Waals surface area contributed by atoms with Crippen LogP contribution in [0.1, 0.15) is 29.1 Å². The molecular weight excluding hydrogens is 362 g/mol. The normalized spacial score (nSPS) is 17.2. The fourth-order valence-electron chi connectivity index (χ4n) is 3.02. The van der Waals surface area contributed by atoms with Gasteiger partial charge in [0, 0.05) is 24.5 Å². The van der Waals surface area contributed by atoms with E-state index in [1.165, 1.54) is 6.08 Å². The van der Waals surface area contributed by atoms with Crippen molar-refractivity contribution in [3.05, 3.63) is 52.0 Å². The van der Waals surface area contributed by atoms with Gasteiger partial charge in [0.25, 0.3) is 0 Å². The van der Waals surface area contributed by atoms with E-state index >= 15 is 0 Å². The highest BCUT2D eigenvalue weighted by Crippen LogP contribution is 2.19. The number of benzene rings is 1. The summed E-state index contributed by atoms with van der Waals surface area (Å²) in [6.07, 6.45) is 4.84. The molecule has 1 aliphatic rings. The molecule has 2 aromatic rings. The van der Waals surface area contributed by atoms with E-state index in [4.69, 9.17) is 10.5 Å².